The number of carbonyl (C=O) groups excluding carboxylic acids is 9. The number of primary amides is 1. The maximum atomic E-state index is 13.9. The fourth-order valence-electron chi connectivity index (χ4n) is 8.24. The number of aromatic nitrogens is 1. The lowest BCUT2D eigenvalue weighted by Gasteiger charge is -2.26. The number of amides is 10. The minimum atomic E-state index is -1.22. The molecule has 1 aromatic heterocycles. The normalized spacial score (nSPS) is 18.1. The summed E-state index contributed by atoms with van der Waals surface area (Å²) in [6, 6.07) is 4.22. The summed E-state index contributed by atoms with van der Waals surface area (Å²) in [5, 5.41) is 31.9. The van der Waals surface area contributed by atoms with Crippen LogP contribution in [-0.4, -0.2) is 124 Å². The van der Waals surface area contributed by atoms with E-state index in [1.165, 1.54) is 0 Å². The molecule has 2 fully saturated rings. The zero-order valence-corrected chi connectivity index (χ0v) is 39.6. The zero-order chi connectivity index (χ0) is 49.0. The van der Waals surface area contributed by atoms with Crippen LogP contribution in [-0.2, 0) is 44.8 Å². The van der Waals surface area contributed by atoms with Crippen molar-refractivity contribution < 1.29 is 48.4 Å². The highest BCUT2D eigenvalue weighted by Gasteiger charge is 2.42. The highest BCUT2D eigenvalue weighted by atomic mass is 32.2. The van der Waals surface area contributed by atoms with Gasteiger partial charge in [-0.1, -0.05) is 52.3 Å². The molecule has 0 aliphatic carbocycles. The molecule has 4 rings (SSSR count). The summed E-state index contributed by atoms with van der Waals surface area (Å²) in [6.07, 6.45) is 6.02. The van der Waals surface area contributed by atoms with E-state index in [0.717, 1.165) is 35.9 Å². The Hall–Kier alpha value is -5.90. The molecule has 0 bridgehead atoms. The first kappa shape index (κ1) is 53.7. The number of fused-ring (bicyclic) bond motifs is 2. The number of nitrogens with one attached hydrogen (secondary N) is 10. The number of rotatable bonds is 29. The van der Waals surface area contributed by atoms with Crippen LogP contribution in [0.1, 0.15) is 97.5 Å². The van der Waals surface area contributed by atoms with Crippen molar-refractivity contribution in [3.63, 3.8) is 0 Å². The summed E-state index contributed by atoms with van der Waals surface area (Å²) < 4.78 is 0. The number of benzene rings is 1. The van der Waals surface area contributed by atoms with E-state index < -0.39 is 78.5 Å². The maximum Gasteiger partial charge on any atom is 0.315 e. The number of hydroxylamine groups is 1. The number of thioether (sulfide) groups is 1. The van der Waals surface area contributed by atoms with Gasteiger partial charge < -0.3 is 53.3 Å². The highest BCUT2D eigenvalue weighted by molar-refractivity contribution is 8.00. The molecule has 21 nitrogen and oxygen atoms in total. The smallest absolute Gasteiger partial charge is 0.315 e. The van der Waals surface area contributed by atoms with Gasteiger partial charge in [-0.15, -0.1) is 0 Å². The zero-order valence-electron chi connectivity index (χ0n) is 38.8. The number of urea groups is 1. The van der Waals surface area contributed by atoms with Crippen LogP contribution >= 0.6 is 11.8 Å². The van der Waals surface area contributed by atoms with Crippen molar-refractivity contribution in [3.05, 3.63) is 36.0 Å². The number of unbranched alkanes of at least 4 members (excludes halogenated alkanes) is 2. The van der Waals surface area contributed by atoms with Crippen molar-refractivity contribution in [1.82, 2.24) is 53.0 Å². The van der Waals surface area contributed by atoms with Crippen LogP contribution in [0.15, 0.2) is 30.5 Å². The van der Waals surface area contributed by atoms with Gasteiger partial charge in [0.25, 0.3) is 0 Å². The fourth-order valence-corrected chi connectivity index (χ4v) is 9.79. The van der Waals surface area contributed by atoms with Crippen molar-refractivity contribution in [2.45, 2.75) is 134 Å². The minimum absolute atomic E-state index is 0.00394. The average molecular weight is 956 g/mol. The first-order chi connectivity index (χ1) is 31.9. The summed E-state index contributed by atoms with van der Waals surface area (Å²) >= 11 is 1.84. The predicted molar refractivity (Wildman–Crippen MR) is 251 cm³/mol. The minimum Gasteiger partial charge on any atom is -0.368 e. The number of hydrogen-bond acceptors (Lipinski definition) is 11. The van der Waals surface area contributed by atoms with E-state index in [-0.39, 0.29) is 61.5 Å². The summed E-state index contributed by atoms with van der Waals surface area (Å²) in [7, 11) is 0. The van der Waals surface area contributed by atoms with Crippen LogP contribution in [0.3, 0.4) is 0 Å². The first-order valence-corrected chi connectivity index (χ1v) is 24.2. The number of H-pyrrole nitrogens is 1. The fraction of sp³-hybridized carbons (Fsp3) is 0.622. The second kappa shape index (κ2) is 27.0. The number of hydrogen-bond donors (Lipinski definition) is 12. The lowest BCUT2D eigenvalue weighted by Crippen LogP contribution is -2.56. The van der Waals surface area contributed by atoms with Crippen molar-refractivity contribution in [2.24, 2.45) is 23.5 Å². The Morgan fingerprint density at radius 2 is 1.48 bits per heavy atom. The standard InChI is InChI=1S/C45H69N11O10S/c1-25(2)17-27(20-37(58)56-66)42(62)52-32(18-26(3)4)44(64)53-33(19-28-21-48-30-12-6-5-11-29(28)30)43(63)50-22-38(59)49-23-39(60)51-31(41(46)61)13-9-10-16-47-36(57)15-8-7-14-35-40-34(24-67-35)54-45(65)55-40/h5-6,11-12,21,25-27,31-35,40,48,66H,7-10,13-20,22-24H2,1-4H3,(H2,46,61)(H,47,57)(H,49,59)(H,50,63)(H,51,60)(H,52,62)(H,53,64)(H,56,58)(H2,54,55,65)/t27?,31-,32-,33-,34-,35-,40-/m0/s1. The van der Waals surface area contributed by atoms with E-state index in [9.17, 15) is 43.2 Å². The van der Waals surface area contributed by atoms with Crippen molar-refractivity contribution in [2.75, 3.05) is 25.4 Å². The Morgan fingerprint density at radius 1 is 0.761 bits per heavy atom. The van der Waals surface area contributed by atoms with Crippen molar-refractivity contribution in [1.29, 1.82) is 0 Å². The summed E-state index contributed by atoms with van der Waals surface area (Å²) in [5.74, 6) is -4.95. The molecular weight excluding hydrogens is 887 g/mol. The van der Waals surface area contributed by atoms with Crippen molar-refractivity contribution in [3.8, 4) is 0 Å². The Kier molecular flexibility index (Phi) is 21.7. The number of nitrogens with two attached hydrogens (primary N) is 1. The molecule has 2 aliphatic heterocycles. The third-order valence-corrected chi connectivity index (χ3v) is 13.1. The van der Waals surface area contributed by atoms with Gasteiger partial charge in [-0.2, -0.15) is 11.8 Å². The highest BCUT2D eigenvalue weighted by Crippen LogP contribution is 2.33. The van der Waals surface area contributed by atoms with Gasteiger partial charge in [0.15, 0.2) is 0 Å². The molecular formula is C45H69N11O10S. The first-order valence-electron chi connectivity index (χ1n) is 23.1. The molecule has 0 radical (unpaired) electrons. The quantitative estimate of drug-likeness (QED) is 0.0231. The lowest BCUT2D eigenvalue weighted by molar-refractivity contribution is -0.137. The molecule has 2 aromatic rings. The molecule has 0 saturated carbocycles. The Bertz CT molecular complexity index is 2050. The van der Waals surface area contributed by atoms with E-state index in [0.29, 0.717) is 43.0 Å². The predicted octanol–water partition coefficient (Wildman–Crippen LogP) is 0.499. The summed E-state index contributed by atoms with van der Waals surface area (Å²) in [5.41, 5.74) is 8.58. The SMILES string of the molecule is CC(C)CC(CC(=O)NO)C(=O)N[C@@H](CC(C)C)C(=O)N[C@@H](Cc1c[nH]c2ccccc12)C(=O)NCC(=O)NCC(=O)N[C@@H](CCCCNC(=O)CCCC[C@@H]1SC[C@@H]2NC(=O)N[C@@H]21)C(N)=O. The van der Waals surface area contributed by atoms with Gasteiger partial charge >= 0.3 is 6.03 Å². The summed E-state index contributed by atoms with van der Waals surface area (Å²) in [4.78, 5) is 118. The van der Waals surface area contributed by atoms with Crippen LogP contribution in [0.4, 0.5) is 4.79 Å². The molecule has 10 amide bonds. The van der Waals surface area contributed by atoms with Gasteiger partial charge in [0.1, 0.15) is 18.1 Å². The van der Waals surface area contributed by atoms with Crippen LogP contribution in [0.25, 0.3) is 10.9 Å². The Morgan fingerprint density at radius 3 is 2.19 bits per heavy atom. The molecule has 1 unspecified atom stereocenters. The number of aromatic amines is 1. The average Bonchev–Trinajstić information content (AvgIpc) is 3.98. The second-order valence-electron chi connectivity index (χ2n) is 18.1. The van der Waals surface area contributed by atoms with E-state index in [1.807, 2.05) is 63.7 Å². The van der Waals surface area contributed by atoms with E-state index in [4.69, 9.17) is 10.9 Å². The Labute approximate surface area is 394 Å². The van der Waals surface area contributed by atoms with Crippen LogP contribution in [0.5, 0.6) is 0 Å². The van der Waals surface area contributed by atoms with Crippen LogP contribution < -0.4 is 53.7 Å². The molecule has 7 atom stereocenters. The van der Waals surface area contributed by atoms with Crippen LogP contribution in [0, 0.1) is 17.8 Å². The van der Waals surface area contributed by atoms with E-state index in [1.54, 1.807) is 11.7 Å². The van der Waals surface area contributed by atoms with Gasteiger partial charge in [0.05, 0.1) is 25.2 Å². The molecule has 67 heavy (non-hydrogen) atoms. The van der Waals surface area contributed by atoms with Gasteiger partial charge in [-0.25, -0.2) is 10.3 Å². The molecule has 2 aliphatic rings. The molecule has 2 saturated heterocycles. The molecule has 370 valence electrons. The third-order valence-electron chi connectivity index (χ3n) is 11.6. The number of carbonyl (C=O) groups is 9. The van der Waals surface area contributed by atoms with E-state index in [2.05, 4.69) is 47.5 Å². The molecule has 22 heteroatoms. The largest absolute Gasteiger partial charge is 0.368 e. The maximum absolute atomic E-state index is 13.9. The van der Waals surface area contributed by atoms with Crippen LogP contribution in [0.2, 0.25) is 0 Å². The number of para-hydroxylation sites is 1. The molecule has 13 N–H and O–H groups in total. The van der Waals surface area contributed by atoms with Gasteiger partial charge in [0.2, 0.25) is 47.3 Å². The molecule has 1 aromatic carbocycles. The van der Waals surface area contributed by atoms with Crippen molar-refractivity contribution >= 4 is 76.0 Å². The van der Waals surface area contributed by atoms with E-state index >= 15 is 0 Å². The Balaban J connectivity index is 1.23. The molecule has 0 spiro atoms. The van der Waals surface area contributed by atoms with Gasteiger partial charge in [0, 0.05) is 59.8 Å². The van der Waals surface area contributed by atoms with Gasteiger partial charge in [-0.05, 0) is 68.4 Å². The van der Waals surface area contributed by atoms with Gasteiger partial charge in [-0.3, -0.25) is 43.6 Å². The molecule has 3 heterocycles. The lowest BCUT2D eigenvalue weighted by atomic mass is 9.92. The summed E-state index contributed by atoms with van der Waals surface area (Å²) in [6.45, 7) is 6.76. The third kappa shape index (κ3) is 18.0. The monoisotopic (exact) mass is 955 g/mol. The second-order valence-corrected chi connectivity index (χ2v) is 19.4. The topological polar surface area (TPSA) is 324 Å².